The molecule has 0 bridgehead atoms. The standard InChI is InChI=1S/C14H26N2/c1-4-5-6-7-10-15-14-8-11-16(12-9-14)13(2)3/h1,13-15H,5-12H2,2-3H3. The highest BCUT2D eigenvalue weighted by Crippen LogP contribution is 2.12. The number of hydrogen-bond donors (Lipinski definition) is 1. The van der Waals surface area contributed by atoms with E-state index in [1.165, 1.54) is 32.4 Å². The third-order valence-corrected chi connectivity index (χ3v) is 3.44. The van der Waals surface area contributed by atoms with Gasteiger partial charge in [-0.3, -0.25) is 0 Å². The number of piperidine rings is 1. The van der Waals surface area contributed by atoms with E-state index in [-0.39, 0.29) is 0 Å². The number of unbranched alkanes of at least 4 members (excludes halogenated alkanes) is 2. The van der Waals surface area contributed by atoms with Crippen molar-refractivity contribution in [2.45, 2.75) is 58.0 Å². The van der Waals surface area contributed by atoms with Crippen LogP contribution < -0.4 is 5.32 Å². The maximum absolute atomic E-state index is 5.22. The van der Waals surface area contributed by atoms with Crippen molar-refractivity contribution >= 4 is 0 Å². The van der Waals surface area contributed by atoms with Gasteiger partial charge in [0.25, 0.3) is 0 Å². The molecule has 0 radical (unpaired) electrons. The average molecular weight is 222 g/mol. The van der Waals surface area contributed by atoms with Crippen molar-refractivity contribution in [1.29, 1.82) is 0 Å². The van der Waals surface area contributed by atoms with E-state index in [1.54, 1.807) is 0 Å². The first-order valence-electron chi connectivity index (χ1n) is 6.65. The van der Waals surface area contributed by atoms with Crippen LogP contribution in [0.3, 0.4) is 0 Å². The van der Waals surface area contributed by atoms with Crippen molar-refractivity contribution in [3.63, 3.8) is 0 Å². The zero-order valence-corrected chi connectivity index (χ0v) is 10.8. The number of hydrogen-bond acceptors (Lipinski definition) is 2. The Bertz CT molecular complexity index is 209. The Morgan fingerprint density at radius 1 is 1.31 bits per heavy atom. The molecular formula is C14H26N2. The van der Waals surface area contributed by atoms with Gasteiger partial charge in [-0.05, 0) is 59.2 Å². The second kappa shape index (κ2) is 7.70. The summed E-state index contributed by atoms with van der Waals surface area (Å²) in [6.45, 7) is 8.20. The average Bonchev–Trinajstić information content (AvgIpc) is 2.29. The number of likely N-dealkylation sites (tertiary alicyclic amines) is 1. The Labute approximate surface area is 101 Å². The van der Waals surface area contributed by atoms with Gasteiger partial charge in [0.2, 0.25) is 0 Å². The first-order valence-corrected chi connectivity index (χ1v) is 6.65. The molecule has 2 heteroatoms. The van der Waals surface area contributed by atoms with Crippen molar-refractivity contribution in [2.75, 3.05) is 19.6 Å². The van der Waals surface area contributed by atoms with Crippen molar-refractivity contribution in [1.82, 2.24) is 10.2 Å². The maximum atomic E-state index is 5.22. The molecule has 0 atom stereocenters. The fourth-order valence-corrected chi connectivity index (χ4v) is 2.28. The normalized spacial score (nSPS) is 18.9. The van der Waals surface area contributed by atoms with Crippen LogP contribution >= 0.6 is 0 Å². The third kappa shape index (κ3) is 5.01. The van der Waals surface area contributed by atoms with E-state index >= 15 is 0 Å². The van der Waals surface area contributed by atoms with Crippen molar-refractivity contribution in [3.8, 4) is 12.3 Å². The summed E-state index contributed by atoms with van der Waals surface area (Å²) >= 11 is 0. The summed E-state index contributed by atoms with van der Waals surface area (Å²) in [5.74, 6) is 2.69. The lowest BCUT2D eigenvalue weighted by Crippen LogP contribution is -2.45. The first-order chi connectivity index (χ1) is 7.74. The largest absolute Gasteiger partial charge is 0.314 e. The van der Waals surface area contributed by atoms with E-state index in [0.29, 0.717) is 6.04 Å². The number of rotatable bonds is 6. The van der Waals surface area contributed by atoms with E-state index in [0.717, 1.165) is 25.4 Å². The van der Waals surface area contributed by atoms with E-state index in [9.17, 15) is 0 Å². The van der Waals surface area contributed by atoms with E-state index in [4.69, 9.17) is 6.42 Å². The summed E-state index contributed by atoms with van der Waals surface area (Å²) in [4.78, 5) is 2.57. The van der Waals surface area contributed by atoms with Gasteiger partial charge < -0.3 is 10.2 Å². The van der Waals surface area contributed by atoms with Gasteiger partial charge in [0.05, 0.1) is 0 Å². The zero-order chi connectivity index (χ0) is 11.8. The Hall–Kier alpha value is -0.520. The van der Waals surface area contributed by atoms with Crippen LogP contribution in [0.1, 0.15) is 46.0 Å². The topological polar surface area (TPSA) is 15.3 Å². The smallest absolute Gasteiger partial charge is 0.00914 e. The molecule has 0 aromatic heterocycles. The van der Waals surface area contributed by atoms with Crippen LogP contribution in [0.5, 0.6) is 0 Å². The van der Waals surface area contributed by atoms with Gasteiger partial charge in [-0.15, -0.1) is 12.3 Å². The number of nitrogens with one attached hydrogen (secondary N) is 1. The fourth-order valence-electron chi connectivity index (χ4n) is 2.28. The molecule has 1 saturated heterocycles. The predicted molar refractivity (Wildman–Crippen MR) is 70.4 cm³/mol. The highest BCUT2D eigenvalue weighted by molar-refractivity contribution is 4.83. The molecule has 1 N–H and O–H groups in total. The molecule has 1 aliphatic rings. The second-order valence-corrected chi connectivity index (χ2v) is 5.02. The van der Waals surface area contributed by atoms with Crippen LogP contribution in [0.2, 0.25) is 0 Å². The van der Waals surface area contributed by atoms with E-state index in [1.807, 2.05) is 0 Å². The molecule has 2 nitrogen and oxygen atoms in total. The molecule has 0 aromatic carbocycles. The zero-order valence-electron chi connectivity index (χ0n) is 10.8. The Kier molecular flexibility index (Phi) is 6.52. The number of terminal acetylenes is 1. The van der Waals surface area contributed by atoms with Gasteiger partial charge in [-0.25, -0.2) is 0 Å². The number of nitrogens with zero attached hydrogens (tertiary/aromatic N) is 1. The summed E-state index contributed by atoms with van der Waals surface area (Å²) in [5.41, 5.74) is 0. The van der Waals surface area contributed by atoms with Crippen molar-refractivity contribution < 1.29 is 0 Å². The summed E-state index contributed by atoms with van der Waals surface area (Å²) in [6, 6.07) is 1.44. The van der Waals surface area contributed by atoms with Gasteiger partial charge >= 0.3 is 0 Å². The quantitative estimate of drug-likeness (QED) is 0.548. The van der Waals surface area contributed by atoms with Crippen LogP contribution in [0.15, 0.2) is 0 Å². The molecule has 1 rings (SSSR count). The maximum Gasteiger partial charge on any atom is 0.00914 e. The van der Waals surface area contributed by atoms with Crippen LogP contribution in [0, 0.1) is 12.3 Å². The van der Waals surface area contributed by atoms with E-state index < -0.39 is 0 Å². The van der Waals surface area contributed by atoms with Gasteiger partial charge in [-0.2, -0.15) is 0 Å². The highest BCUT2D eigenvalue weighted by atomic mass is 15.2. The van der Waals surface area contributed by atoms with Gasteiger partial charge in [0.1, 0.15) is 0 Å². The summed E-state index contributed by atoms with van der Waals surface area (Å²) in [6.07, 6.45) is 11.1. The molecule has 1 heterocycles. The first kappa shape index (κ1) is 13.5. The lowest BCUT2D eigenvalue weighted by molar-refractivity contribution is 0.161. The van der Waals surface area contributed by atoms with Crippen LogP contribution in [-0.4, -0.2) is 36.6 Å². The Morgan fingerprint density at radius 3 is 2.56 bits per heavy atom. The van der Waals surface area contributed by atoms with Crippen molar-refractivity contribution in [2.24, 2.45) is 0 Å². The Balaban J connectivity index is 2.02. The molecule has 0 spiro atoms. The molecule has 16 heavy (non-hydrogen) atoms. The van der Waals surface area contributed by atoms with Crippen molar-refractivity contribution in [3.05, 3.63) is 0 Å². The predicted octanol–water partition coefficient (Wildman–Crippen LogP) is 2.25. The molecule has 0 aliphatic carbocycles. The summed E-state index contributed by atoms with van der Waals surface area (Å²) in [5, 5.41) is 3.64. The SMILES string of the molecule is C#CCCCCNC1CCN(C(C)C)CC1. The van der Waals surface area contributed by atoms with Crippen LogP contribution in [-0.2, 0) is 0 Å². The lowest BCUT2D eigenvalue weighted by atomic mass is 10.0. The lowest BCUT2D eigenvalue weighted by Gasteiger charge is -2.35. The summed E-state index contributed by atoms with van der Waals surface area (Å²) < 4.78 is 0. The van der Waals surface area contributed by atoms with Crippen LogP contribution in [0.4, 0.5) is 0 Å². The van der Waals surface area contributed by atoms with Gasteiger partial charge in [0.15, 0.2) is 0 Å². The summed E-state index contributed by atoms with van der Waals surface area (Å²) in [7, 11) is 0. The second-order valence-electron chi connectivity index (χ2n) is 5.02. The van der Waals surface area contributed by atoms with Gasteiger partial charge in [-0.1, -0.05) is 0 Å². The minimum atomic E-state index is 0.705. The molecular weight excluding hydrogens is 196 g/mol. The molecule has 0 amide bonds. The molecule has 92 valence electrons. The molecule has 1 aliphatic heterocycles. The monoisotopic (exact) mass is 222 g/mol. The van der Waals surface area contributed by atoms with Crippen LogP contribution in [0.25, 0.3) is 0 Å². The molecule has 0 unspecified atom stereocenters. The molecule has 0 aromatic rings. The van der Waals surface area contributed by atoms with Gasteiger partial charge in [0, 0.05) is 18.5 Å². The van der Waals surface area contributed by atoms with E-state index in [2.05, 4.69) is 30.0 Å². The fraction of sp³-hybridized carbons (Fsp3) is 0.857. The minimum absolute atomic E-state index is 0.705. The highest BCUT2D eigenvalue weighted by Gasteiger charge is 2.19. The molecule has 1 fully saturated rings. The Morgan fingerprint density at radius 2 is 2.00 bits per heavy atom. The third-order valence-electron chi connectivity index (χ3n) is 3.44. The molecule has 0 saturated carbocycles. The minimum Gasteiger partial charge on any atom is -0.314 e.